The Bertz CT molecular complexity index is 1010. The molecule has 0 aliphatic carbocycles. The van der Waals surface area contributed by atoms with Gasteiger partial charge in [0, 0.05) is 23.2 Å². The predicted molar refractivity (Wildman–Crippen MR) is 98.5 cm³/mol. The monoisotopic (exact) mass is 354 g/mol. The molecule has 136 valence electrons. The van der Waals surface area contributed by atoms with E-state index in [9.17, 15) is 9.59 Å². The molecule has 0 aliphatic rings. The van der Waals surface area contributed by atoms with Gasteiger partial charge in [-0.1, -0.05) is 11.6 Å². The Balaban J connectivity index is 1.87. The molecule has 3 aromatic rings. The van der Waals surface area contributed by atoms with Gasteiger partial charge in [0.1, 0.15) is 12.2 Å². The first-order chi connectivity index (χ1) is 12.3. The second kappa shape index (κ2) is 6.71. The van der Waals surface area contributed by atoms with Crippen molar-refractivity contribution in [3.05, 3.63) is 57.7 Å². The van der Waals surface area contributed by atoms with Crippen LogP contribution in [0.4, 0.5) is 0 Å². The number of aromatic nitrogens is 1. The molecule has 6 heteroatoms. The van der Waals surface area contributed by atoms with Crippen molar-refractivity contribution in [1.82, 2.24) is 10.3 Å². The van der Waals surface area contributed by atoms with E-state index in [0.717, 1.165) is 27.7 Å². The van der Waals surface area contributed by atoms with Crippen molar-refractivity contribution in [2.75, 3.05) is 0 Å². The van der Waals surface area contributed by atoms with Crippen LogP contribution in [0.3, 0.4) is 0 Å². The molecule has 26 heavy (non-hydrogen) atoms. The third-order valence-electron chi connectivity index (χ3n) is 4.67. The van der Waals surface area contributed by atoms with Crippen LogP contribution in [0.1, 0.15) is 44.1 Å². The summed E-state index contributed by atoms with van der Waals surface area (Å²) in [6, 6.07) is 4.17. The molecule has 0 aliphatic heterocycles. The van der Waals surface area contributed by atoms with E-state index in [4.69, 9.17) is 9.52 Å². The van der Waals surface area contributed by atoms with Gasteiger partial charge in [-0.05, 0) is 44.9 Å². The second-order valence-electron chi connectivity index (χ2n) is 6.69. The highest BCUT2D eigenvalue weighted by molar-refractivity contribution is 5.97. The highest BCUT2D eigenvalue weighted by Crippen LogP contribution is 2.26. The Morgan fingerprint density at radius 1 is 1.19 bits per heavy atom. The van der Waals surface area contributed by atoms with Gasteiger partial charge in [0.2, 0.25) is 0 Å². The molecule has 0 radical (unpaired) electrons. The Morgan fingerprint density at radius 3 is 2.62 bits per heavy atom. The molecular formula is C20H22N2O4. The number of carboxylic acids is 1. The van der Waals surface area contributed by atoms with Crippen LogP contribution >= 0.6 is 0 Å². The summed E-state index contributed by atoms with van der Waals surface area (Å²) in [7, 11) is 0. The van der Waals surface area contributed by atoms with Crippen molar-refractivity contribution in [3.8, 4) is 0 Å². The molecule has 0 unspecified atom stereocenters. The molecule has 0 saturated carbocycles. The number of carbonyl (C=O) groups is 2. The average Bonchev–Trinajstić information content (AvgIpc) is 3.06. The van der Waals surface area contributed by atoms with E-state index >= 15 is 0 Å². The van der Waals surface area contributed by atoms with E-state index in [-0.39, 0.29) is 18.1 Å². The Labute approximate surface area is 151 Å². The number of hydrogen-bond acceptors (Lipinski definition) is 3. The van der Waals surface area contributed by atoms with Gasteiger partial charge in [-0.2, -0.15) is 0 Å². The maximum Gasteiger partial charge on any atom is 0.311 e. The van der Waals surface area contributed by atoms with Crippen LogP contribution in [0.25, 0.3) is 10.9 Å². The largest absolute Gasteiger partial charge is 0.481 e. The van der Waals surface area contributed by atoms with E-state index in [0.29, 0.717) is 17.7 Å². The molecule has 0 atom stereocenters. The van der Waals surface area contributed by atoms with Crippen LogP contribution in [0, 0.1) is 27.7 Å². The number of furan rings is 1. The van der Waals surface area contributed by atoms with Gasteiger partial charge in [0.05, 0.1) is 17.3 Å². The molecular weight excluding hydrogens is 332 g/mol. The number of amides is 1. The molecule has 6 nitrogen and oxygen atoms in total. The smallest absolute Gasteiger partial charge is 0.311 e. The van der Waals surface area contributed by atoms with E-state index in [2.05, 4.69) is 23.3 Å². The summed E-state index contributed by atoms with van der Waals surface area (Å²) >= 11 is 0. The van der Waals surface area contributed by atoms with Gasteiger partial charge in [-0.3, -0.25) is 9.59 Å². The van der Waals surface area contributed by atoms with Gasteiger partial charge >= 0.3 is 5.97 Å². The van der Waals surface area contributed by atoms with Crippen LogP contribution < -0.4 is 5.32 Å². The number of rotatable bonds is 5. The lowest BCUT2D eigenvalue weighted by Crippen LogP contribution is -2.24. The van der Waals surface area contributed by atoms with E-state index in [1.807, 2.05) is 19.9 Å². The van der Waals surface area contributed by atoms with E-state index in [1.165, 1.54) is 11.8 Å². The molecule has 2 heterocycles. The Morgan fingerprint density at radius 2 is 1.92 bits per heavy atom. The fraction of sp³-hybridized carbons (Fsp3) is 0.300. The Kier molecular flexibility index (Phi) is 4.59. The van der Waals surface area contributed by atoms with Crippen molar-refractivity contribution in [1.29, 1.82) is 0 Å². The standard InChI is InChI=1S/C20H22N2O4/c1-10-5-14(19-15(6-10)12(3)13(4)22-19)8-21-20(25)18-11(2)9-26-16(18)7-17(23)24/h5-6,9,22H,7-8H2,1-4H3,(H,21,25)(H,23,24). The minimum Gasteiger partial charge on any atom is -0.481 e. The summed E-state index contributed by atoms with van der Waals surface area (Å²) in [4.78, 5) is 27.0. The minimum absolute atomic E-state index is 0.174. The van der Waals surface area contributed by atoms with Gasteiger partial charge in [0.25, 0.3) is 5.91 Å². The summed E-state index contributed by atoms with van der Waals surface area (Å²) < 4.78 is 5.24. The average molecular weight is 354 g/mol. The lowest BCUT2D eigenvalue weighted by Gasteiger charge is -2.09. The zero-order valence-electron chi connectivity index (χ0n) is 15.3. The number of H-pyrrole nitrogens is 1. The number of hydrogen-bond donors (Lipinski definition) is 3. The number of carboxylic acid groups (broad SMARTS) is 1. The fourth-order valence-corrected chi connectivity index (χ4v) is 3.26. The topological polar surface area (TPSA) is 95.3 Å². The maximum absolute atomic E-state index is 12.6. The zero-order valence-corrected chi connectivity index (χ0v) is 15.3. The van der Waals surface area contributed by atoms with Crippen molar-refractivity contribution < 1.29 is 19.1 Å². The number of carbonyl (C=O) groups excluding carboxylic acids is 1. The van der Waals surface area contributed by atoms with Crippen LogP contribution in [-0.4, -0.2) is 22.0 Å². The minimum atomic E-state index is -1.04. The first kappa shape index (κ1) is 17.8. The van der Waals surface area contributed by atoms with Crippen molar-refractivity contribution in [2.24, 2.45) is 0 Å². The normalized spacial score (nSPS) is 11.1. The molecule has 2 aromatic heterocycles. The predicted octanol–water partition coefficient (Wildman–Crippen LogP) is 3.55. The van der Waals surface area contributed by atoms with Gasteiger partial charge in [0.15, 0.2) is 0 Å². The molecule has 0 fully saturated rings. The van der Waals surface area contributed by atoms with Gasteiger partial charge in [-0.25, -0.2) is 0 Å². The van der Waals surface area contributed by atoms with Crippen LogP contribution in [-0.2, 0) is 17.8 Å². The summed E-state index contributed by atoms with van der Waals surface area (Å²) in [5.74, 6) is -1.19. The van der Waals surface area contributed by atoms with Crippen LogP contribution in [0.15, 0.2) is 22.8 Å². The molecule has 3 N–H and O–H groups in total. The summed E-state index contributed by atoms with van der Waals surface area (Å²) in [6.07, 6.45) is 1.09. The van der Waals surface area contributed by atoms with Crippen molar-refractivity contribution in [2.45, 2.75) is 40.7 Å². The lowest BCUT2D eigenvalue weighted by molar-refractivity contribution is -0.136. The second-order valence-corrected chi connectivity index (χ2v) is 6.69. The highest BCUT2D eigenvalue weighted by atomic mass is 16.4. The zero-order chi connectivity index (χ0) is 19.0. The van der Waals surface area contributed by atoms with Crippen LogP contribution in [0.5, 0.6) is 0 Å². The van der Waals surface area contributed by atoms with Crippen molar-refractivity contribution >= 4 is 22.8 Å². The molecule has 3 rings (SSSR count). The number of benzene rings is 1. The molecule has 1 amide bonds. The van der Waals surface area contributed by atoms with Gasteiger partial charge in [-0.15, -0.1) is 0 Å². The third-order valence-corrected chi connectivity index (χ3v) is 4.67. The number of nitrogens with one attached hydrogen (secondary N) is 2. The molecule has 1 aromatic carbocycles. The third kappa shape index (κ3) is 3.22. The van der Waals surface area contributed by atoms with Crippen LogP contribution in [0.2, 0.25) is 0 Å². The molecule has 0 bridgehead atoms. The molecule has 0 spiro atoms. The van der Waals surface area contributed by atoms with E-state index < -0.39 is 5.97 Å². The maximum atomic E-state index is 12.6. The van der Waals surface area contributed by atoms with Gasteiger partial charge < -0.3 is 19.8 Å². The Hall–Kier alpha value is -3.02. The number of aromatic amines is 1. The van der Waals surface area contributed by atoms with Crippen molar-refractivity contribution in [3.63, 3.8) is 0 Å². The first-order valence-electron chi connectivity index (χ1n) is 8.43. The first-order valence-corrected chi connectivity index (χ1v) is 8.43. The number of aliphatic carboxylic acids is 1. The SMILES string of the molecule is Cc1cc(CNC(=O)c2c(C)coc2CC(=O)O)c2[nH]c(C)c(C)c2c1. The highest BCUT2D eigenvalue weighted by Gasteiger charge is 2.20. The summed E-state index contributed by atoms with van der Waals surface area (Å²) in [5.41, 5.74) is 6.36. The molecule has 0 saturated heterocycles. The summed E-state index contributed by atoms with van der Waals surface area (Å²) in [6.45, 7) is 8.20. The number of aryl methyl sites for hydroxylation is 4. The fourth-order valence-electron chi connectivity index (χ4n) is 3.26. The summed E-state index contributed by atoms with van der Waals surface area (Å²) in [5, 5.41) is 13.0. The lowest BCUT2D eigenvalue weighted by atomic mass is 10.0. The van der Waals surface area contributed by atoms with E-state index in [1.54, 1.807) is 6.92 Å². The quantitative estimate of drug-likeness (QED) is 0.653. The number of fused-ring (bicyclic) bond motifs is 1.